The zero-order valence-corrected chi connectivity index (χ0v) is 24.2. The molecule has 14 heteroatoms. The Bertz CT molecular complexity index is 1880. The number of aromatic nitrogens is 1. The molecule has 0 unspecified atom stereocenters. The lowest BCUT2D eigenvalue weighted by Crippen LogP contribution is -2.36. The first kappa shape index (κ1) is 27.3. The summed E-state index contributed by atoms with van der Waals surface area (Å²) in [6.07, 6.45) is 2.27. The summed E-state index contributed by atoms with van der Waals surface area (Å²) in [5.41, 5.74) is 1.77. The number of hydrogen-bond donors (Lipinski definition) is 0. The molecule has 1 aromatic heterocycles. The second-order valence-electron chi connectivity index (χ2n) is 9.37. The number of thioether (sulfide) groups is 1. The van der Waals surface area contributed by atoms with E-state index in [1.807, 2.05) is 64.1 Å². The van der Waals surface area contributed by atoms with Gasteiger partial charge in [0.15, 0.2) is 18.0 Å². The monoisotopic (exact) mass is 619 g/mol. The summed E-state index contributed by atoms with van der Waals surface area (Å²) >= 11 is 3.02. The number of hydrogen-bond acceptors (Lipinski definition) is 11. The third-order valence-electron chi connectivity index (χ3n) is 6.64. The van der Waals surface area contributed by atoms with Gasteiger partial charge in [0.05, 0.1) is 42.4 Å². The third-order valence-corrected chi connectivity index (χ3v) is 10.4. The molecular weight excluding hydrogens is 597 g/mol. The number of nitrogens with zero attached hydrogens (tertiary/aromatic N) is 2. The Morgan fingerprint density at radius 3 is 2.45 bits per heavy atom. The van der Waals surface area contributed by atoms with E-state index >= 15 is 0 Å². The number of benzene rings is 3. The fourth-order valence-electron chi connectivity index (χ4n) is 4.94. The molecule has 3 heterocycles. The van der Waals surface area contributed by atoms with Crippen LogP contribution in [0, 0.1) is 0 Å². The predicted octanol–water partition coefficient (Wildman–Crippen LogP) is 3.85. The van der Waals surface area contributed by atoms with Crippen molar-refractivity contribution < 1.29 is 40.0 Å². The van der Waals surface area contributed by atoms with Gasteiger partial charge >= 0.3 is 0 Å². The number of fused-ring (bicyclic) bond motifs is 5. The Kier molecular flexibility index (Phi) is 7.17. The second-order valence-corrected chi connectivity index (χ2v) is 14.5. The SMILES string of the molecule is O=S(=O)([O-])CCCN1/C(=C/c2sc3ccc4ccccc4c3[n+]2CCCS(=O)(=O)[O-])Sc2cc3c(cc21)OCO3. The lowest BCUT2D eigenvalue weighted by molar-refractivity contribution is -0.667. The number of thiazole rings is 1. The van der Waals surface area contributed by atoms with Crippen LogP contribution in [0.5, 0.6) is 11.5 Å². The molecule has 40 heavy (non-hydrogen) atoms. The van der Waals surface area contributed by atoms with Crippen LogP contribution in [0.25, 0.3) is 27.1 Å². The van der Waals surface area contributed by atoms with Crippen LogP contribution >= 0.6 is 23.1 Å². The molecule has 10 nitrogen and oxygen atoms in total. The first-order chi connectivity index (χ1) is 19.1. The average molecular weight is 620 g/mol. The number of aryl methyl sites for hydroxylation is 1. The minimum Gasteiger partial charge on any atom is -0.748 e. The van der Waals surface area contributed by atoms with Crippen LogP contribution in [0.15, 0.2) is 58.5 Å². The molecule has 0 atom stereocenters. The molecule has 0 radical (unpaired) electrons. The zero-order valence-electron chi connectivity index (χ0n) is 20.9. The summed E-state index contributed by atoms with van der Waals surface area (Å²) in [4.78, 5) is 2.86. The minimum atomic E-state index is -4.37. The van der Waals surface area contributed by atoms with E-state index in [-0.39, 0.29) is 26.2 Å². The highest BCUT2D eigenvalue weighted by Crippen LogP contribution is 2.52. The highest BCUT2D eigenvalue weighted by atomic mass is 32.2. The van der Waals surface area contributed by atoms with Gasteiger partial charge in [0, 0.05) is 41.5 Å². The Morgan fingerprint density at radius 1 is 0.950 bits per heavy atom. The van der Waals surface area contributed by atoms with Gasteiger partial charge in [0.2, 0.25) is 12.3 Å². The second kappa shape index (κ2) is 10.5. The van der Waals surface area contributed by atoms with Crippen molar-refractivity contribution in [3.05, 3.63) is 58.6 Å². The molecule has 0 fully saturated rings. The van der Waals surface area contributed by atoms with E-state index in [1.54, 1.807) is 0 Å². The minimum absolute atomic E-state index is 0.120. The van der Waals surface area contributed by atoms with Gasteiger partial charge in [0.1, 0.15) is 4.70 Å². The van der Waals surface area contributed by atoms with Crippen molar-refractivity contribution in [1.82, 2.24) is 0 Å². The first-order valence-corrected chi connectivity index (χ1v) is 17.2. The zero-order chi connectivity index (χ0) is 28.1. The molecular formula is C26H23N2O8S4-. The maximum atomic E-state index is 11.4. The smallest absolute Gasteiger partial charge is 0.265 e. The van der Waals surface area contributed by atoms with Gasteiger partial charge in [-0.15, -0.1) is 0 Å². The van der Waals surface area contributed by atoms with Gasteiger partial charge in [-0.3, -0.25) is 0 Å². The first-order valence-electron chi connectivity index (χ1n) is 12.4. The Morgan fingerprint density at radius 2 is 1.68 bits per heavy atom. The molecule has 0 amide bonds. The van der Waals surface area contributed by atoms with Crippen LogP contribution in [-0.2, 0) is 26.8 Å². The molecule has 0 saturated heterocycles. The van der Waals surface area contributed by atoms with Crippen molar-refractivity contribution in [1.29, 1.82) is 0 Å². The average Bonchev–Trinajstić information content (AvgIpc) is 3.57. The number of anilines is 1. The van der Waals surface area contributed by atoms with Gasteiger partial charge in [-0.25, -0.2) is 16.8 Å². The van der Waals surface area contributed by atoms with Gasteiger partial charge in [0.25, 0.3) is 5.01 Å². The van der Waals surface area contributed by atoms with Gasteiger partial charge < -0.3 is 23.5 Å². The molecule has 0 bridgehead atoms. The molecule has 2 aliphatic rings. The normalized spacial score (nSPS) is 15.9. The number of ether oxygens (including phenoxy) is 2. The van der Waals surface area contributed by atoms with Crippen molar-refractivity contribution in [2.75, 3.05) is 29.7 Å². The summed E-state index contributed by atoms with van der Waals surface area (Å²) in [6.45, 7) is 0.723. The molecule has 6 rings (SSSR count). The maximum Gasteiger partial charge on any atom is 0.265 e. The molecule has 4 aromatic rings. The molecule has 0 aliphatic carbocycles. The van der Waals surface area contributed by atoms with Crippen LogP contribution in [0.2, 0.25) is 0 Å². The van der Waals surface area contributed by atoms with E-state index in [1.165, 1.54) is 23.1 Å². The Balaban J connectivity index is 1.45. The van der Waals surface area contributed by atoms with Gasteiger partial charge in [-0.05, 0) is 23.9 Å². The topological polar surface area (TPSA) is 140 Å². The van der Waals surface area contributed by atoms with E-state index < -0.39 is 31.7 Å². The number of rotatable bonds is 9. The summed E-state index contributed by atoms with van der Waals surface area (Å²) in [5, 5.41) is 3.70. The van der Waals surface area contributed by atoms with E-state index in [0.717, 1.165) is 41.6 Å². The largest absolute Gasteiger partial charge is 0.748 e. The van der Waals surface area contributed by atoms with Crippen molar-refractivity contribution >= 4 is 76.1 Å². The molecule has 2 aliphatic heterocycles. The van der Waals surface area contributed by atoms with E-state index in [4.69, 9.17) is 9.47 Å². The van der Waals surface area contributed by atoms with Gasteiger partial charge in [-0.2, -0.15) is 4.57 Å². The quantitative estimate of drug-likeness (QED) is 0.200. The highest BCUT2D eigenvalue weighted by molar-refractivity contribution is 8.04. The van der Waals surface area contributed by atoms with Crippen LogP contribution in [0.3, 0.4) is 0 Å². The lowest BCUT2D eigenvalue weighted by atomic mass is 10.1. The van der Waals surface area contributed by atoms with Gasteiger partial charge in [-0.1, -0.05) is 47.4 Å². The summed E-state index contributed by atoms with van der Waals surface area (Å²) in [7, 11) is -8.74. The fraction of sp³-hybridized carbons (Fsp3) is 0.269. The highest BCUT2D eigenvalue weighted by Gasteiger charge is 2.31. The summed E-state index contributed by atoms with van der Waals surface area (Å²) < 4.78 is 82.1. The lowest BCUT2D eigenvalue weighted by Gasteiger charge is -2.20. The van der Waals surface area contributed by atoms with E-state index in [2.05, 4.69) is 0 Å². The summed E-state index contributed by atoms with van der Waals surface area (Å²) in [5.74, 6) is 0.251. The van der Waals surface area contributed by atoms with Crippen molar-refractivity contribution in [3.8, 4) is 11.5 Å². The molecule has 0 spiro atoms. The molecule has 3 aromatic carbocycles. The summed E-state index contributed by atoms with van der Waals surface area (Å²) in [6, 6.07) is 15.7. The van der Waals surface area contributed by atoms with E-state index in [0.29, 0.717) is 18.0 Å². The predicted molar refractivity (Wildman–Crippen MR) is 152 cm³/mol. The Labute approximate surface area is 239 Å². The molecule has 210 valence electrons. The Hall–Kier alpha value is -2.88. The third kappa shape index (κ3) is 5.64. The van der Waals surface area contributed by atoms with Crippen LogP contribution in [0.1, 0.15) is 17.8 Å². The van der Waals surface area contributed by atoms with Crippen molar-refractivity contribution in [2.45, 2.75) is 24.3 Å². The maximum absolute atomic E-state index is 11.4. The van der Waals surface area contributed by atoms with Crippen LogP contribution in [0.4, 0.5) is 5.69 Å². The standard InChI is InChI=1S/C26H24N2O8S4/c29-39(30,31)11-3-9-27-19-13-20-21(36-16-35-20)14-23(19)38-24(27)15-25-28(10-4-12-40(32,33)34)26-18-6-2-1-5-17(18)7-8-22(26)37-25/h1-2,5-8,13-15H,3-4,9-12,16H2,(H-,29,30,31,32,33,34)/p-1. The van der Waals surface area contributed by atoms with Crippen molar-refractivity contribution in [3.63, 3.8) is 0 Å². The fourth-order valence-corrected chi connectivity index (χ4v) is 8.25. The van der Waals surface area contributed by atoms with Crippen LogP contribution < -0.4 is 18.9 Å². The van der Waals surface area contributed by atoms with E-state index in [9.17, 15) is 25.9 Å². The van der Waals surface area contributed by atoms with Crippen molar-refractivity contribution in [2.24, 2.45) is 0 Å². The molecule has 0 saturated carbocycles. The van der Waals surface area contributed by atoms with Crippen LogP contribution in [-0.4, -0.2) is 50.8 Å². The molecule has 0 N–H and O–H groups in total.